The van der Waals surface area contributed by atoms with Crippen LogP contribution in [0.3, 0.4) is 0 Å². The van der Waals surface area contributed by atoms with Crippen molar-refractivity contribution in [3.63, 3.8) is 0 Å². The van der Waals surface area contributed by atoms with Gasteiger partial charge in [-0.05, 0) is 32.4 Å². The molecule has 2 fully saturated rings. The Balaban J connectivity index is 0.00000112. The highest BCUT2D eigenvalue weighted by Gasteiger charge is 2.24. The third kappa shape index (κ3) is 3.63. The van der Waals surface area contributed by atoms with E-state index in [0.29, 0.717) is 6.04 Å². The van der Waals surface area contributed by atoms with Gasteiger partial charge in [0.2, 0.25) is 5.91 Å². The fraction of sp³-hybridized carbons (Fsp3) is 0.900. The summed E-state index contributed by atoms with van der Waals surface area (Å²) in [5, 5.41) is 9.63. The maximum Gasteiger partial charge on any atom is 0.224 e. The van der Waals surface area contributed by atoms with Gasteiger partial charge in [-0.15, -0.1) is 12.4 Å². The Bertz CT molecular complexity index is 201. The van der Waals surface area contributed by atoms with Crippen LogP contribution < -0.4 is 16.0 Å². The molecule has 0 aromatic rings. The van der Waals surface area contributed by atoms with Crippen LogP contribution in [0.5, 0.6) is 0 Å². The second-order valence-corrected chi connectivity index (χ2v) is 4.24. The van der Waals surface area contributed by atoms with Crippen molar-refractivity contribution in [2.45, 2.75) is 25.3 Å². The second kappa shape index (κ2) is 6.30. The van der Waals surface area contributed by atoms with Crippen molar-refractivity contribution in [1.29, 1.82) is 0 Å². The van der Waals surface area contributed by atoms with Gasteiger partial charge in [0.1, 0.15) is 0 Å². The van der Waals surface area contributed by atoms with Crippen LogP contribution in [0, 0.1) is 5.92 Å². The van der Waals surface area contributed by atoms with Gasteiger partial charge >= 0.3 is 0 Å². The molecule has 0 bridgehead atoms. The van der Waals surface area contributed by atoms with Crippen LogP contribution in [-0.2, 0) is 4.79 Å². The van der Waals surface area contributed by atoms with Gasteiger partial charge in [0.25, 0.3) is 0 Å². The number of carbonyl (C=O) groups excluding carboxylic acids is 1. The van der Waals surface area contributed by atoms with Crippen LogP contribution in [0.15, 0.2) is 0 Å². The Morgan fingerprint density at radius 1 is 1.13 bits per heavy atom. The molecule has 2 atom stereocenters. The second-order valence-electron chi connectivity index (χ2n) is 4.24. The number of piperidine rings is 1. The molecule has 0 radical (unpaired) electrons. The topological polar surface area (TPSA) is 53.2 Å². The molecule has 2 aliphatic heterocycles. The molecule has 2 saturated heterocycles. The largest absolute Gasteiger partial charge is 0.352 e. The summed E-state index contributed by atoms with van der Waals surface area (Å²) in [6.07, 6.45) is 3.29. The van der Waals surface area contributed by atoms with Crippen LogP contribution in [0.4, 0.5) is 0 Å². The minimum atomic E-state index is 0. The van der Waals surface area contributed by atoms with Crippen LogP contribution >= 0.6 is 12.4 Å². The van der Waals surface area contributed by atoms with Crippen molar-refractivity contribution in [3.8, 4) is 0 Å². The highest BCUT2D eigenvalue weighted by Crippen LogP contribution is 2.09. The molecule has 2 aliphatic rings. The summed E-state index contributed by atoms with van der Waals surface area (Å²) in [7, 11) is 0. The van der Waals surface area contributed by atoms with E-state index >= 15 is 0 Å². The molecule has 0 aliphatic carbocycles. The molecule has 0 aromatic heterocycles. The SMILES string of the molecule is Cl.O=C(N[C@H]1CCCNC1)[C@@H]1CCNC1. The Hall–Kier alpha value is -0.320. The molecule has 15 heavy (non-hydrogen) atoms. The van der Waals surface area contributed by atoms with E-state index in [2.05, 4.69) is 16.0 Å². The fourth-order valence-corrected chi connectivity index (χ4v) is 2.17. The zero-order valence-corrected chi connectivity index (χ0v) is 9.74. The lowest BCUT2D eigenvalue weighted by Gasteiger charge is -2.25. The van der Waals surface area contributed by atoms with Crippen molar-refractivity contribution >= 4 is 18.3 Å². The average molecular weight is 234 g/mol. The van der Waals surface area contributed by atoms with Gasteiger partial charge in [0.05, 0.1) is 5.92 Å². The van der Waals surface area contributed by atoms with E-state index in [1.807, 2.05) is 0 Å². The predicted octanol–water partition coefficient (Wildman–Crippen LogP) is -0.114. The molecule has 1 amide bonds. The van der Waals surface area contributed by atoms with Crippen LogP contribution in [0.25, 0.3) is 0 Å². The summed E-state index contributed by atoms with van der Waals surface area (Å²) >= 11 is 0. The molecule has 2 rings (SSSR count). The zero-order valence-electron chi connectivity index (χ0n) is 8.92. The molecule has 5 heteroatoms. The minimum Gasteiger partial charge on any atom is -0.352 e. The molecular formula is C10H20ClN3O. The molecule has 0 saturated carbocycles. The first-order valence-corrected chi connectivity index (χ1v) is 5.58. The predicted molar refractivity (Wildman–Crippen MR) is 62.3 cm³/mol. The molecule has 4 nitrogen and oxygen atoms in total. The quantitative estimate of drug-likeness (QED) is 0.624. The van der Waals surface area contributed by atoms with E-state index in [1.54, 1.807) is 0 Å². The lowest BCUT2D eigenvalue weighted by atomic mass is 10.0. The van der Waals surface area contributed by atoms with Gasteiger partial charge in [-0.3, -0.25) is 4.79 Å². The Morgan fingerprint density at radius 2 is 1.93 bits per heavy atom. The number of carbonyl (C=O) groups is 1. The molecule has 0 spiro atoms. The zero-order chi connectivity index (χ0) is 9.80. The van der Waals surface area contributed by atoms with E-state index in [0.717, 1.165) is 39.0 Å². The Morgan fingerprint density at radius 3 is 2.53 bits per heavy atom. The number of halogens is 1. The lowest BCUT2D eigenvalue weighted by Crippen LogP contribution is -2.47. The first-order valence-electron chi connectivity index (χ1n) is 5.58. The van der Waals surface area contributed by atoms with Gasteiger partial charge in [0.15, 0.2) is 0 Å². The third-order valence-corrected chi connectivity index (χ3v) is 3.07. The summed E-state index contributed by atoms with van der Waals surface area (Å²) in [6, 6.07) is 0.358. The lowest BCUT2D eigenvalue weighted by molar-refractivity contribution is -0.125. The van der Waals surface area contributed by atoms with Crippen molar-refractivity contribution in [2.75, 3.05) is 26.2 Å². The van der Waals surface area contributed by atoms with E-state index < -0.39 is 0 Å². The first kappa shape index (κ1) is 12.7. The van der Waals surface area contributed by atoms with Gasteiger partial charge < -0.3 is 16.0 Å². The molecule has 0 unspecified atom stereocenters. The molecular weight excluding hydrogens is 214 g/mol. The number of nitrogens with one attached hydrogen (secondary N) is 3. The summed E-state index contributed by atoms with van der Waals surface area (Å²) in [6.45, 7) is 3.87. The normalized spacial score (nSPS) is 30.7. The van der Waals surface area contributed by atoms with Crippen molar-refractivity contribution in [1.82, 2.24) is 16.0 Å². The number of hydrogen-bond donors (Lipinski definition) is 3. The number of hydrogen-bond acceptors (Lipinski definition) is 3. The summed E-state index contributed by atoms with van der Waals surface area (Å²) in [5.41, 5.74) is 0. The van der Waals surface area contributed by atoms with Gasteiger partial charge in [-0.2, -0.15) is 0 Å². The van der Waals surface area contributed by atoms with E-state index in [-0.39, 0.29) is 24.2 Å². The number of amides is 1. The smallest absolute Gasteiger partial charge is 0.224 e. The summed E-state index contributed by atoms with van der Waals surface area (Å²) in [5.74, 6) is 0.445. The van der Waals surface area contributed by atoms with Crippen LogP contribution in [-0.4, -0.2) is 38.1 Å². The van der Waals surface area contributed by atoms with Gasteiger partial charge in [-0.25, -0.2) is 0 Å². The molecule has 3 N–H and O–H groups in total. The van der Waals surface area contributed by atoms with Gasteiger partial charge in [0, 0.05) is 19.1 Å². The summed E-state index contributed by atoms with van der Waals surface area (Å²) < 4.78 is 0. The minimum absolute atomic E-state index is 0. The molecule has 88 valence electrons. The maximum atomic E-state index is 11.7. The third-order valence-electron chi connectivity index (χ3n) is 3.07. The van der Waals surface area contributed by atoms with Gasteiger partial charge in [-0.1, -0.05) is 0 Å². The van der Waals surface area contributed by atoms with E-state index in [1.165, 1.54) is 6.42 Å². The standard InChI is InChI=1S/C10H19N3O.ClH/c14-10(8-3-5-12-6-8)13-9-2-1-4-11-7-9;/h8-9,11-12H,1-7H2,(H,13,14);1H/t8-,9+;/m1./s1. The van der Waals surface area contributed by atoms with Crippen molar-refractivity contribution in [2.24, 2.45) is 5.92 Å². The highest BCUT2D eigenvalue weighted by atomic mass is 35.5. The van der Waals surface area contributed by atoms with Crippen LogP contribution in [0.1, 0.15) is 19.3 Å². The Labute approximate surface area is 97.0 Å². The van der Waals surface area contributed by atoms with Crippen molar-refractivity contribution in [3.05, 3.63) is 0 Å². The molecule has 0 aromatic carbocycles. The van der Waals surface area contributed by atoms with Crippen molar-refractivity contribution < 1.29 is 4.79 Å². The average Bonchev–Trinajstić information content (AvgIpc) is 2.72. The maximum absolute atomic E-state index is 11.7. The highest BCUT2D eigenvalue weighted by molar-refractivity contribution is 5.85. The Kier molecular flexibility index (Phi) is 5.36. The first-order chi connectivity index (χ1) is 6.86. The summed E-state index contributed by atoms with van der Waals surface area (Å²) in [4.78, 5) is 11.7. The number of rotatable bonds is 2. The van der Waals surface area contributed by atoms with E-state index in [4.69, 9.17) is 0 Å². The van der Waals surface area contributed by atoms with E-state index in [9.17, 15) is 4.79 Å². The van der Waals surface area contributed by atoms with Crippen LogP contribution in [0.2, 0.25) is 0 Å². The monoisotopic (exact) mass is 233 g/mol. The fourth-order valence-electron chi connectivity index (χ4n) is 2.17. The molecule has 2 heterocycles.